The number of benzene rings is 2. The molecule has 1 heterocycles. The molecule has 3 rings (SSSR count). The van der Waals surface area contributed by atoms with Gasteiger partial charge in [-0.25, -0.2) is 9.78 Å². The molecule has 11 heteroatoms. The number of rotatable bonds is 6. The molecule has 1 aromatic heterocycles. The minimum Gasteiger partial charge on any atom is -0.465 e. The van der Waals surface area contributed by atoms with Crippen LogP contribution in [0.4, 0.5) is 18.0 Å². The van der Waals surface area contributed by atoms with E-state index in [0.29, 0.717) is 16.7 Å². The van der Waals surface area contributed by atoms with Crippen LogP contribution in [0.15, 0.2) is 41.1 Å². The summed E-state index contributed by atoms with van der Waals surface area (Å²) < 4.78 is 46.2. The lowest BCUT2D eigenvalue weighted by Gasteiger charge is -2.16. The maximum atomic E-state index is 12.3. The van der Waals surface area contributed by atoms with Crippen molar-refractivity contribution >= 4 is 17.2 Å². The van der Waals surface area contributed by atoms with Gasteiger partial charge < -0.3 is 29.8 Å². The van der Waals surface area contributed by atoms with Crippen LogP contribution in [-0.2, 0) is 6.54 Å². The fraction of sp³-hybridized carbons (Fsp3) is 0.222. The molecule has 0 saturated carbocycles. The molecule has 0 aliphatic heterocycles. The Kier molecular flexibility index (Phi) is 5.62. The molecule has 1 atom stereocenters. The average molecular weight is 412 g/mol. The number of carboxylic acid groups (broad SMARTS) is 1. The number of aromatic nitrogens is 1. The van der Waals surface area contributed by atoms with Gasteiger partial charge in [-0.2, -0.15) is 0 Å². The van der Waals surface area contributed by atoms with Gasteiger partial charge in [0, 0.05) is 17.7 Å². The SMILES string of the molecule is O=C(O)NCc1cc(-c2ccc(OC(F)(F)F)cc2)c2ncoc2c1C(O)CO. The van der Waals surface area contributed by atoms with Gasteiger partial charge in [0.25, 0.3) is 0 Å². The lowest BCUT2D eigenvalue weighted by molar-refractivity contribution is -0.274. The van der Waals surface area contributed by atoms with Gasteiger partial charge in [-0.15, -0.1) is 13.2 Å². The van der Waals surface area contributed by atoms with Gasteiger partial charge in [0.05, 0.1) is 6.61 Å². The van der Waals surface area contributed by atoms with E-state index in [1.807, 2.05) is 0 Å². The summed E-state index contributed by atoms with van der Waals surface area (Å²) in [7, 11) is 0. The molecule has 0 bridgehead atoms. The summed E-state index contributed by atoms with van der Waals surface area (Å²) in [5.41, 5.74) is 1.78. The van der Waals surface area contributed by atoms with Crippen LogP contribution >= 0.6 is 0 Å². The van der Waals surface area contributed by atoms with Crippen molar-refractivity contribution < 1.29 is 42.4 Å². The smallest absolute Gasteiger partial charge is 0.465 e. The third-order valence-electron chi connectivity index (χ3n) is 4.07. The Bertz CT molecular complexity index is 1020. The van der Waals surface area contributed by atoms with Crippen LogP contribution in [0.1, 0.15) is 17.2 Å². The van der Waals surface area contributed by atoms with Crippen LogP contribution in [0, 0.1) is 0 Å². The van der Waals surface area contributed by atoms with E-state index in [0.717, 1.165) is 18.5 Å². The molecule has 0 saturated heterocycles. The average Bonchev–Trinajstić information content (AvgIpc) is 3.13. The summed E-state index contributed by atoms with van der Waals surface area (Å²) in [6.45, 7) is -0.848. The number of ether oxygens (including phenoxy) is 1. The zero-order valence-corrected chi connectivity index (χ0v) is 14.6. The fourth-order valence-electron chi connectivity index (χ4n) is 2.93. The second-order valence-electron chi connectivity index (χ2n) is 5.96. The summed E-state index contributed by atoms with van der Waals surface area (Å²) in [6.07, 6.45) is -6.37. The Morgan fingerprint density at radius 3 is 2.55 bits per heavy atom. The Morgan fingerprint density at radius 2 is 1.97 bits per heavy atom. The summed E-state index contributed by atoms with van der Waals surface area (Å²) >= 11 is 0. The van der Waals surface area contributed by atoms with Crippen LogP contribution in [0.2, 0.25) is 0 Å². The van der Waals surface area contributed by atoms with E-state index in [2.05, 4.69) is 15.0 Å². The second kappa shape index (κ2) is 7.97. The third kappa shape index (κ3) is 4.58. The number of halogens is 3. The molecular formula is C18H15F3N2O6. The first kappa shape index (κ1) is 20.4. The van der Waals surface area contributed by atoms with Gasteiger partial charge in [-0.3, -0.25) is 0 Å². The first-order valence-corrected chi connectivity index (χ1v) is 8.20. The van der Waals surface area contributed by atoms with Crippen LogP contribution in [0.5, 0.6) is 5.75 Å². The van der Waals surface area contributed by atoms with E-state index >= 15 is 0 Å². The normalized spacial score (nSPS) is 12.7. The number of aliphatic hydroxyl groups is 2. The highest BCUT2D eigenvalue weighted by Crippen LogP contribution is 2.36. The number of carbonyl (C=O) groups is 1. The summed E-state index contributed by atoms with van der Waals surface area (Å²) in [6, 6.07) is 6.53. The molecule has 0 aliphatic rings. The minimum atomic E-state index is -4.82. The number of fused-ring (bicyclic) bond motifs is 1. The molecule has 8 nitrogen and oxygen atoms in total. The number of amides is 1. The van der Waals surface area contributed by atoms with Crippen molar-refractivity contribution in [3.05, 3.63) is 47.9 Å². The Morgan fingerprint density at radius 1 is 1.28 bits per heavy atom. The zero-order chi connectivity index (χ0) is 21.2. The predicted octanol–water partition coefficient (Wildman–Crippen LogP) is 3.19. The Labute approximate surface area is 161 Å². The molecule has 29 heavy (non-hydrogen) atoms. The minimum absolute atomic E-state index is 0.127. The quantitative estimate of drug-likeness (QED) is 0.490. The number of hydrogen-bond donors (Lipinski definition) is 4. The largest absolute Gasteiger partial charge is 0.573 e. The zero-order valence-electron chi connectivity index (χ0n) is 14.6. The second-order valence-corrected chi connectivity index (χ2v) is 5.96. The van der Waals surface area contributed by atoms with Gasteiger partial charge >= 0.3 is 12.5 Å². The Hall–Kier alpha value is -3.31. The molecule has 154 valence electrons. The van der Waals surface area contributed by atoms with Crippen LogP contribution in [-0.4, -0.2) is 39.4 Å². The van der Waals surface area contributed by atoms with E-state index < -0.39 is 30.9 Å². The topological polar surface area (TPSA) is 125 Å². The van der Waals surface area contributed by atoms with Gasteiger partial charge in [-0.05, 0) is 29.3 Å². The highest BCUT2D eigenvalue weighted by Gasteiger charge is 2.31. The van der Waals surface area contributed by atoms with E-state index in [-0.39, 0.29) is 23.2 Å². The standard InChI is InChI=1S/C18H15F3N2O6/c19-18(20,21)29-11-3-1-9(2-4-11)12-5-10(6-22-17(26)27)14(13(25)7-24)16-15(12)23-8-28-16/h1-5,8,13,22,24-25H,6-7H2,(H,26,27). The molecule has 4 N–H and O–H groups in total. The summed E-state index contributed by atoms with van der Waals surface area (Å²) in [5.74, 6) is -0.405. The van der Waals surface area contributed by atoms with Crippen molar-refractivity contribution in [2.45, 2.75) is 19.0 Å². The van der Waals surface area contributed by atoms with Gasteiger partial charge in [0.1, 0.15) is 17.4 Å². The molecule has 1 unspecified atom stereocenters. The van der Waals surface area contributed by atoms with Crippen molar-refractivity contribution in [3.8, 4) is 16.9 Å². The molecule has 0 spiro atoms. The maximum Gasteiger partial charge on any atom is 0.573 e. The highest BCUT2D eigenvalue weighted by molar-refractivity contribution is 5.94. The molecular weight excluding hydrogens is 397 g/mol. The third-order valence-corrected chi connectivity index (χ3v) is 4.07. The van der Waals surface area contributed by atoms with Crippen molar-refractivity contribution in [1.29, 1.82) is 0 Å². The van der Waals surface area contributed by atoms with Crippen molar-refractivity contribution in [1.82, 2.24) is 10.3 Å². The number of nitrogens with zero attached hydrogens (tertiary/aromatic N) is 1. The molecule has 1 amide bonds. The van der Waals surface area contributed by atoms with Crippen LogP contribution in [0.3, 0.4) is 0 Å². The lowest BCUT2D eigenvalue weighted by atomic mass is 9.94. The number of alkyl halides is 3. The number of aliphatic hydroxyl groups excluding tert-OH is 2. The number of hydrogen-bond acceptors (Lipinski definition) is 6. The number of oxazole rings is 1. The first-order valence-electron chi connectivity index (χ1n) is 8.20. The van der Waals surface area contributed by atoms with Gasteiger partial charge in [-0.1, -0.05) is 12.1 Å². The van der Waals surface area contributed by atoms with E-state index in [1.165, 1.54) is 18.2 Å². The highest BCUT2D eigenvalue weighted by atomic mass is 19.4. The van der Waals surface area contributed by atoms with Crippen LogP contribution < -0.4 is 10.1 Å². The fourth-order valence-corrected chi connectivity index (χ4v) is 2.93. The van der Waals surface area contributed by atoms with Gasteiger partial charge in [0.15, 0.2) is 12.0 Å². The van der Waals surface area contributed by atoms with E-state index in [1.54, 1.807) is 0 Å². The first-order chi connectivity index (χ1) is 13.7. The lowest BCUT2D eigenvalue weighted by Crippen LogP contribution is -2.22. The Balaban J connectivity index is 2.10. The van der Waals surface area contributed by atoms with Crippen molar-refractivity contribution in [2.75, 3.05) is 6.61 Å². The predicted molar refractivity (Wildman–Crippen MR) is 93.0 cm³/mol. The monoisotopic (exact) mass is 412 g/mol. The van der Waals surface area contributed by atoms with E-state index in [9.17, 15) is 28.2 Å². The summed E-state index contributed by atoms with van der Waals surface area (Å²) in [5, 5.41) is 30.6. The molecule has 3 aromatic rings. The summed E-state index contributed by atoms with van der Waals surface area (Å²) in [4.78, 5) is 15.0. The van der Waals surface area contributed by atoms with Crippen LogP contribution in [0.25, 0.3) is 22.2 Å². The maximum absolute atomic E-state index is 12.3. The number of nitrogens with one attached hydrogen (secondary N) is 1. The van der Waals surface area contributed by atoms with Crippen molar-refractivity contribution in [3.63, 3.8) is 0 Å². The molecule has 0 radical (unpaired) electrons. The molecule has 2 aromatic carbocycles. The van der Waals surface area contributed by atoms with Gasteiger partial charge in [0.2, 0.25) is 0 Å². The molecule has 0 fully saturated rings. The molecule has 0 aliphatic carbocycles. The van der Waals surface area contributed by atoms with E-state index in [4.69, 9.17) is 9.52 Å². The van der Waals surface area contributed by atoms with Crippen molar-refractivity contribution in [2.24, 2.45) is 0 Å².